The lowest BCUT2D eigenvalue weighted by Gasteiger charge is -2.40. The molecule has 1 aromatic heterocycles. The lowest BCUT2D eigenvalue weighted by atomic mass is 9.95. The molecule has 1 aliphatic carbocycles. The van der Waals surface area contributed by atoms with Crippen LogP contribution in [0.5, 0.6) is 0 Å². The number of aryl methyl sites for hydroxylation is 1. The van der Waals surface area contributed by atoms with Gasteiger partial charge in [-0.05, 0) is 25.7 Å². The quantitative estimate of drug-likeness (QED) is 0.819. The second kappa shape index (κ2) is 6.85. The summed E-state index contributed by atoms with van der Waals surface area (Å²) in [4.78, 5) is 42.0. The summed E-state index contributed by atoms with van der Waals surface area (Å²) in [5.74, 6) is -0.472. The zero-order chi connectivity index (χ0) is 18.1. The molecule has 25 heavy (non-hydrogen) atoms. The first-order valence-corrected chi connectivity index (χ1v) is 8.74. The van der Waals surface area contributed by atoms with Crippen LogP contribution < -0.4 is 0 Å². The molecule has 0 aromatic carbocycles. The number of hydrogen-bond donors (Lipinski definition) is 1. The normalized spacial score (nSPS) is 20.2. The second-order valence-electron chi connectivity index (χ2n) is 6.95. The maximum Gasteiger partial charge on any atom is 0.274 e. The van der Waals surface area contributed by atoms with Gasteiger partial charge in [0.2, 0.25) is 11.8 Å². The molecule has 0 bridgehead atoms. The van der Waals surface area contributed by atoms with E-state index in [9.17, 15) is 14.4 Å². The number of carbonyl (C=O) groups excluding carboxylic acids is 3. The topological polar surface area (TPSA) is 89.6 Å². The van der Waals surface area contributed by atoms with E-state index in [0.29, 0.717) is 18.8 Å². The standard InChI is InChI=1S/C17H25N5O3/c1-11(23)22-9-8-21(10-14(22)16(24)20(2)3)17(25)15-12-6-4-5-7-13(12)18-19-15/h14H,4-10H2,1-3H3,(H,18,19)/t14-/m1/s1. The van der Waals surface area contributed by atoms with Crippen LogP contribution in [0.3, 0.4) is 0 Å². The minimum atomic E-state index is -0.639. The fraction of sp³-hybridized carbons (Fsp3) is 0.647. The smallest absolute Gasteiger partial charge is 0.274 e. The highest BCUT2D eigenvalue weighted by Crippen LogP contribution is 2.24. The van der Waals surface area contributed by atoms with Crippen LogP contribution in [0.2, 0.25) is 0 Å². The Hall–Kier alpha value is -2.38. The van der Waals surface area contributed by atoms with Crippen LogP contribution in [0.15, 0.2) is 0 Å². The molecule has 3 amide bonds. The van der Waals surface area contributed by atoms with Gasteiger partial charge in [0, 0.05) is 45.4 Å². The Morgan fingerprint density at radius 3 is 2.56 bits per heavy atom. The first-order valence-electron chi connectivity index (χ1n) is 8.74. The average Bonchev–Trinajstić information content (AvgIpc) is 3.03. The monoisotopic (exact) mass is 347 g/mol. The number of nitrogens with zero attached hydrogens (tertiary/aromatic N) is 4. The zero-order valence-corrected chi connectivity index (χ0v) is 15.0. The van der Waals surface area contributed by atoms with Gasteiger partial charge in [0.25, 0.3) is 5.91 Å². The lowest BCUT2D eigenvalue weighted by Crippen LogP contribution is -2.61. The molecule has 0 radical (unpaired) electrons. The van der Waals surface area contributed by atoms with Gasteiger partial charge in [0.05, 0.1) is 6.54 Å². The predicted octanol–water partition coefficient (Wildman–Crippen LogP) is 0.0496. The Morgan fingerprint density at radius 1 is 1.16 bits per heavy atom. The van der Waals surface area contributed by atoms with Crippen LogP contribution in [-0.4, -0.2) is 82.4 Å². The third kappa shape index (κ3) is 3.25. The lowest BCUT2D eigenvalue weighted by molar-refractivity contribution is -0.146. The first kappa shape index (κ1) is 17.4. The molecule has 2 aliphatic rings. The van der Waals surface area contributed by atoms with Crippen molar-refractivity contribution in [2.45, 2.75) is 38.6 Å². The third-order valence-electron chi connectivity index (χ3n) is 5.06. The number of piperazine rings is 1. The maximum absolute atomic E-state index is 13.0. The number of rotatable bonds is 2. The third-order valence-corrected chi connectivity index (χ3v) is 5.06. The van der Waals surface area contributed by atoms with Crippen molar-refractivity contribution in [3.05, 3.63) is 17.0 Å². The van der Waals surface area contributed by atoms with Gasteiger partial charge in [-0.25, -0.2) is 0 Å². The van der Waals surface area contributed by atoms with Gasteiger partial charge in [-0.2, -0.15) is 5.10 Å². The van der Waals surface area contributed by atoms with Crippen molar-refractivity contribution in [1.29, 1.82) is 0 Å². The molecule has 3 rings (SSSR count). The Kier molecular flexibility index (Phi) is 4.78. The SMILES string of the molecule is CC(=O)N1CCN(C(=O)c2n[nH]c3c2CCCC3)C[C@@H]1C(=O)N(C)C. The summed E-state index contributed by atoms with van der Waals surface area (Å²) < 4.78 is 0. The van der Waals surface area contributed by atoms with E-state index < -0.39 is 6.04 Å². The summed E-state index contributed by atoms with van der Waals surface area (Å²) in [6, 6.07) is -0.639. The van der Waals surface area contributed by atoms with Crippen molar-refractivity contribution in [2.75, 3.05) is 33.7 Å². The van der Waals surface area contributed by atoms with E-state index >= 15 is 0 Å². The molecule has 0 saturated carbocycles. The van der Waals surface area contributed by atoms with Crippen LogP contribution in [0, 0.1) is 0 Å². The number of likely N-dealkylation sites (N-methyl/N-ethyl adjacent to an activating group) is 1. The van der Waals surface area contributed by atoms with Gasteiger partial charge in [-0.15, -0.1) is 0 Å². The number of amides is 3. The van der Waals surface area contributed by atoms with E-state index in [-0.39, 0.29) is 24.3 Å². The van der Waals surface area contributed by atoms with Crippen molar-refractivity contribution in [3.8, 4) is 0 Å². The van der Waals surface area contributed by atoms with Gasteiger partial charge < -0.3 is 14.7 Å². The highest BCUT2D eigenvalue weighted by molar-refractivity contribution is 5.95. The molecule has 1 fully saturated rings. The molecule has 1 aliphatic heterocycles. The average molecular weight is 347 g/mol. The molecule has 8 nitrogen and oxygen atoms in total. The Labute approximate surface area is 147 Å². The Balaban J connectivity index is 1.81. The molecular weight excluding hydrogens is 322 g/mol. The Morgan fingerprint density at radius 2 is 1.88 bits per heavy atom. The number of aromatic amines is 1. The van der Waals surface area contributed by atoms with Gasteiger partial charge >= 0.3 is 0 Å². The number of carbonyl (C=O) groups is 3. The summed E-state index contributed by atoms with van der Waals surface area (Å²) in [7, 11) is 3.32. The molecule has 1 aromatic rings. The van der Waals surface area contributed by atoms with Crippen molar-refractivity contribution in [1.82, 2.24) is 24.9 Å². The van der Waals surface area contributed by atoms with E-state index in [0.717, 1.165) is 36.9 Å². The maximum atomic E-state index is 13.0. The molecular formula is C17H25N5O3. The molecule has 1 atom stereocenters. The number of nitrogens with one attached hydrogen (secondary N) is 1. The van der Waals surface area contributed by atoms with Crippen molar-refractivity contribution >= 4 is 17.7 Å². The van der Waals surface area contributed by atoms with Crippen LogP contribution in [0.25, 0.3) is 0 Å². The summed E-state index contributed by atoms with van der Waals surface area (Å²) in [6.45, 7) is 2.43. The number of aromatic nitrogens is 2. The fourth-order valence-corrected chi connectivity index (χ4v) is 3.66. The van der Waals surface area contributed by atoms with E-state index in [1.807, 2.05) is 0 Å². The molecule has 2 heterocycles. The zero-order valence-electron chi connectivity index (χ0n) is 15.0. The van der Waals surface area contributed by atoms with E-state index in [2.05, 4.69) is 10.2 Å². The molecule has 0 unspecified atom stereocenters. The molecule has 0 spiro atoms. The highest BCUT2D eigenvalue weighted by atomic mass is 16.2. The fourth-order valence-electron chi connectivity index (χ4n) is 3.66. The number of hydrogen-bond acceptors (Lipinski definition) is 4. The van der Waals surface area contributed by atoms with Crippen LogP contribution >= 0.6 is 0 Å². The van der Waals surface area contributed by atoms with Gasteiger partial charge in [-0.3, -0.25) is 19.5 Å². The van der Waals surface area contributed by atoms with Gasteiger partial charge in [0.15, 0.2) is 5.69 Å². The van der Waals surface area contributed by atoms with Crippen molar-refractivity contribution in [2.24, 2.45) is 0 Å². The largest absolute Gasteiger partial charge is 0.347 e. The van der Waals surface area contributed by atoms with E-state index in [1.165, 1.54) is 11.8 Å². The Bertz CT molecular complexity index is 696. The summed E-state index contributed by atoms with van der Waals surface area (Å²) >= 11 is 0. The molecule has 1 N–H and O–H groups in total. The summed E-state index contributed by atoms with van der Waals surface area (Å²) in [5, 5.41) is 7.23. The minimum absolute atomic E-state index is 0.149. The molecule has 8 heteroatoms. The minimum Gasteiger partial charge on any atom is -0.347 e. The van der Waals surface area contributed by atoms with E-state index in [4.69, 9.17) is 0 Å². The van der Waals surface area contributed by atoms with Gasteiger partial charge in [0.1, 0.15) is 6.04 Å². The summed E-state index contributed by atoms with van der Waals surface area (Å²) in [5.41, 5.74) is 2.54. The van der Waals surface area contributed by atoms with Crippen molar-refractivity contribution < 1.29 is 14.4 Å². The van der Waals surface area contributed by atoms with Crippen LogP contribution in [0.1, 0.15) is 41.5 Å². The predicted molar refractivity (Wildman–Crippen MR) is 91.0 cm³/mol. The van der Waals surface area contributed by atoms with Crippen LogP contribution in [-0.2, 0) is 22.4 Å². The highest BCUT2D eigenvalue weighted by Gasteiger charge is 2.37. The van der Waals surface area contributed by atoms with Crippen LogP contribution in [0.4, 0.5) is 0 Å². The van der Waals surface area contributed by atoms with Crippen molar-refractivity contribution in [3.63, 3.8) is 0 Å². The molecule has 1 saturated heterocycles. The number of H-pyrrole nitrogens is 1. The first-order chi connectivity index (χ1) is 11.9. The molecule has 136 valence electrons. The number of fused-ring (bicyclic) bond motifs is 1. The van der Waals surface area contributed by atoms with Gasteiger partial charge in [-0.1, -0.05) is 0 Å². The van der Waals surface area contributed by atoms with E-state index in [1.54, 1.807) is 23.9 Å². The second-order valence-corrected chi connectivity index (χ2v) is 6.95. The summed E-state index contributed by atoms with van der Waals surface area (Å²) in [6.07, 6.45) is 3.96.